The zero-order chi connectivity index (χ0) is 13.7. The molecular formula is C14H12FN3O. The Balaban J connectivity index is 2.05. The zero-order valence-electron chi connectivity index (χ0n) is 10.4. The van der Waals surface area contributed by atoms with E-state index >= 15 is 0 Å². The van der Waals surface area contributed by atoms with Gasteiger partial charge in [-0.25, -0.2) is 9.37 Å². The molecule has 1 aromatic carbocycles. The van der Waals surface area contributed by atoms with Crippen molar-refractivity contribution in [2.75, 3.05) is 12.4 Å². The molecule has 0 saturated heterocycles. The lowest BCUT2D eigenvalue weighted by atomic mass is 10.2. The highest BCUT2D eigenvalue weighted by Crippen LogP contribution is 2.15. The monoisotopic (exact) mass is 257 g/mol. The van der Waals surface area contributed by atoms with Crippen LogP contribution >= 0.6 is 0 Å². The number of nitrogens with zero attached hydrogens (tertiary/aromatic N) is 2. The third-order valence-electron chi connectivity index (χ3n) is 2.53. The van der Waals surface area contributed by atoms with Gasteiger partial charge in [0, 0.05) is 24.5 Å². The summed E-state index contributed by atoms with van der Waals surface area (Å²) in [6.45, 7) is 0.491. The molecule has 0 atom stereocenters. The van der Waals surface area contributed by atoms with Crippen molar-refractivity contribution in [1.82, 2.24) is 4.98 Å². The van der Waals surface area contributed by atoms with Crippen LogP contribution in [0, 0.1) is 17.1 Å². The average Bonchev–Trinajstić information content (AvgIpc) is 2.45. The topological polar surface area (TPSA) is 57.9 Å². The molecule has 0 amide bonds. The Morgan fingerprint density at radius 1 is 1.37 bits per heavy atom. The molecule has 96 valence electrons. The van der Waals surface area contributed by atoms with Crippen LogP contribution in [0.3, 0.4) is 0 Å². The van der Waals surface area contributed by atoms with E-state index in [2.05, 4.69) is 10.3 Å². The molecule has 0 fully saturated rings. The van der Waals surface area contributed by atoms with Crippen molar-refractivity contribution < 1.29 is 9.13 Å². The summed E-state index contributed by atoms with van der Waals surface area (Å²) in [5.41, 5.74) is 1.78. The van der Waals surface area contributed by atoms with Crippen molar-refractivity contribution in [3.05, 3.63) is 53.5 Å². The summed E-state index contributed by atoms with van der Waals surface area (Å²) in [5, 5.41) is 11.8. The van der Waals surface area contributed by atoms with E-state index in [1.165, 1.54) is 12.1 Å². The Hall–Kier alpha value is -2.61. The fraction of sp³-hybridized carbons (Fsp3) is 0.143. The number of nitrogens with one attached hydrogen (secondary N) is 1. The van der Waals surface area contributed by atoms with Crippen LogP contribution < -0.4 is 10.1 Å². The van der Waals surface area contributed by atoms with Crippen LogP contribution in [0.2, 0.25) is 0 Å². The fourth-order valence-electron chi connectivity index (χ4n) is 1.60. The fourth-order valence-corrected chi connectivity index (χ4v) is 1.60. The van der Waals surface area contributed by atoms with E-state index in [0.29, 0.717) is 18.1 Å². The number of rotatable bonds is 4. The van der Waals surface area contributed by atoms with Gasteiger partial charge in [-0.15, -0.1) is 0 Å². The van der Waals surface area contributed by atoms with Crippen LogP contribution in [0.4, 0.5) is 10.1 Å². The number of nitriles is 1. The van der Waals surface area contributed by atoms with Gasteiger partial charge in [0.2, 0.25) is 5.88 Å². The largest absolute Gasteiger partial charge is 0.481 e. The van der Waals surface area contributed by atoms with Gasteiger partial charge in [0.15, 0.2) is 0 Å². The highest BCUT2D eigenvalue weighted by molar-refractivity contribution is 5.50. The molecule has 19 heavy (non-hydrogen) atoms. The summed E-state index contributed by atoms with van der Waals surface area (Å²) in [6.07, 6.45) is 1.68. The molecule has 0 radical (unpaired) electrons. The summed E-state index contributed by atoms with van der Waals surface area (Å²) < 4.78 is 18.2. The summed E-state index contributed by atoms with van der Waals surface area (Å²) >= 11 is 0. The predicted molar refractivity (Wildman–Crippen MR) is 69.2 cm³/mol. The number of benzene rings is 1. The summed E-state index contributed by atoms with van der Waals surface area (Å²) in [6, 6.07) is 9.67. The molecule has 1 aromatic heterocycles. The van der Waals surface area contributed by atoms with Gasteiger partial charge in [0.25, 0.3) is 0 Å². The predicted octanol–water partition coefficient (Wildman–Crippen LogP) is 2.71. The van der Waals surface area contributed by atoms with Gasteiger partial charge < -0.3 is 10.1 Å². The highest BCUT2D eigenvalue weighted by Gasteiger charge is 2.01. The first-order valence-corrected chi connectivity index (χ1v) is 5.65. The smallest absolute Gasteiger partial charge is 0.212 e. The Labute approximate surface area is 110 Å². The molecule has 1 N–H and O–H groups in total. The van der Waals surface area contributed by atoms with E-state index in [-0.39, 0.29) is 5.56 Å². The van der Waals surface area contributed by atoms with E-state index in [1.54, 1.807) is 25.4 Å². The van der Waals surface area contributed by atoms with E-state index in [0.717, 1.165) is 5.56 Å². The number of anilines is 1. The third kappa shape index (κ3) is 3.42. The first-order valence-electron chi connectivity index (χ1n) is 5.65. The van der Waals surface area contributed by atoms with E-state index in [4.69, 9.17) is 10.00 Å². The lowest BCUT2D eigenvalue weighted by Gasteiger charge is -2.07. The summed E-state index contributed by atoms with van der Waals surface area (Å²) in [5.74, 6) is 0.107. The van der Waals surface area contributed by atoms with Crippen LogP contribution in [0.5, 0.6) is 5.88 Å². The van der Waals surface area contributed by atoms with E-state index in [9.17, 15) is 4.39 Å². The summed E-state index contributed by atoms with van der Waals surface area (Å²) in [4.78, 5) is 4.07. The molecule has 2 aromatic rings. The zero-order valence-corrected chi connectivity index (χ0v) is 10.4. The van der Waals surface area contributed by atoms with Crippen molar-refractivity contribution in [2.24, 2.45) is 0 Å². The van der Waals surface area contributed by atoms with Crippen molar-refractivity contribution >= 4 is 5.69 Å². The van der Waals surface area contributed by atoms with Crippen molar-refractivity contribution in [2.45, 2.75) is 6.54 Å². The molecule has 2 rings (SSSR count). The lowest BCUT2D eigenvalue weighted by molar-refractivity contribution is 0.397. The minimum Gasteiger partial charge on any atom is -0.481 e. The quantitative estimate of drug-likeness (QED) is 0.914. The second kappa shape index (κ2) is 5.83. The van der Waals surface area contributed by atoms with Gasteiger partial charge in [0.1, 0.15) is 5.82 Å². The number of aromatic nitrogens is 1. The van der Waals surface area contributed by atoms with Gasteiger partial charge in [-0.1, -0.05) is 6.07 Å². The van der Waals surface area contributed by atoms with E-state index in [1.807, 2.05) is 12.1 Å². The van der Waals surface area contributed by atoms with Gasteiger partial charge in [-0.2, -0.15) is 5.26 Å². The molecule has 0 spiro atoms. The van der Waals surface area contributed by atoms with Crippen molar-refractivity contribution in [1.29, 1.82) is 5.26 Å². The summed E-state index contributed by atoms with van der Waals surface area (Å²) in [7, 11) is 1.55. The molecule has 0 aliphatic carbocycles. The Morgan fingerprint density at radius 3 is 2.84 bits per heavy atom. The maximum Gasteiger partial charge on any atom is 0.212 e. The molecule has 0 unspecified atom stereocenters. The first kappa shape index (κ1) is 12.8. The third-order valence-corrected chi connectivity index (χ3v) is 2.53. The molecule has 5 heteroatoms. The van der Waals surface area contributed by atoms with Crippen LogP contribution in [0.15, 0.2) is 36.5 Å². The maximum atomic E-state index is 13.2. The molecule has 0 aliphatic heterocycles. The molecule has 0 aliphatic rings. The number of pyridine rings is 1. The van der Waals surface area contributed by atoms with Crippen molar-refractivity contribution in [3.63, 3.8) is 0 Å². The normalized spacial score (nSPS) is 9.74. The Kier molecular flexibility index (Phi) is 3.94. The number of hydrogen-bond acceptors (Lipinski definition) is 4. The Morgan fingerprint density at radius 2 is 2.21 bits per heavy atom. The molecule has 1 heterocycles. The number of methoxy groups -OCH3 is 1. The highest BCUT2D eigenvalue weighted by atomic mass is 19.1. The van der Waals surface area contributed by atoms with Crippen molar-refractivity contribution in [3.8, 4) is 11.9 Å². The Bertz CT molecular complexity index is 605. The molecule has 0 saturated carbocycles. The standard InChI is InChI=1S/C14H12FN3O/c1-19-14-3-2-10(9-18-14)8-17-13-5-11(7-16)4-12(15)6-13/h2-6,9,17H,8H2,1H3. The lowest BCUT2D eigenvalue weighted by Crippen LogP contribution is -2.01. The van der Waals surface area contributed by atoms with Gasteiger partial charge in [-0.3, -0.25) is 0 Å². The first-order chi connectivity index (χ1) is 9.21. The van der Waals surface area contributed by atoms with Gasteiger partial charge in [0.05, 0.1) is 18.7 Å². The second-order valence-corrected chi connectivity index (χ2v) is 3.90. The minimum atomic E-state index is -0.436. The molecule has 4 nitrogen and oxygen atoms in total. The SMILES string of the molecule is COc1ccc(CNc2cc(F)cc(C#N)c2)cn1. The molecule has 0 bridgehead atoms. The average molecular weight is 257 g/mol. The van der Waals surface area contributed by atoms with Crippen LogP contribution in [-0.2, 0) is 6.54 Å². The number of halogens is 1. The number of hydrogen-bond donors (Lipinski definition) is 1. The van der Waals surface area contributed by atoms with E-state index < -0.39 is 5.82 Å². The maximum absolute atomic E-state index is 13.2. The minimum absolute atomic E-state index is 0.287. The van der Waals surface area contributed by atoms with Crippen LogP contribution in [0.25, 0.3) is 0 Å². The van der Waals surface area contributed by atoms with Gasteiger partial charge >= 0.3 is 0 Å². The van der Waals surface area contributed by atoms with Gasteiger partial charge in [-0.05, 0) is 23.8 Å². The number of ether oxygens (including phenoxy) is 1. The second-order valence-electron chi connectivity index (χ2n) is 3.90. The van der Waals surface area contributed by atoms with Crippen LogP contribution in [0.1, 0.15) is 11.1 Å². The van der Waals surface area contributed by atoms with Crippen LogP contribution in [-0.4, -0.2) is 12.1 Å². The molecular weight excluding hydrogens is 245 g/mol.